The molecule has 2 amide bonds. The number of hydrogen-bond donors (Lipinski definition) is 2. The molecule has 1 saturated heterocycles. The van der Waals surface area contributed by atoms with E-state index in [2.05, 4.69) is 17.6 Å². The van der Waals surface area contributed by atoms with Crippen molar-refractivity contribution in [1.29, 1.82) is 0 Å². The van der Waals surface area contributed by atoms with Crippen molar-refractivity contribution in [1.82, 2.24) is 10.2 Å². The molecular formula is C15H24ClN3O. The van der Waals surface area contributed by atoms with Crippen molar-refractivity contribution in [2.24, 2.45) is 0 Å². The Kier molecular flexibility index (Phi) is 7.41. The van der Waals surface area contributed by atoms with Gasteiger partial charge in [0.15, 0.2) is 0 Å². The minimum absolute atomic E-state index is 0. The lowest BCUT2D eigenvalue weighted by Gasteiger charge is -2.34. The van der Waals surface area contributed by atoms with Crippen molar-refractivity contribution in [3.63, 3.8) is 0 Å². The third kappa shape index (κ3) is 4.69. The second-order valence-electron chi connectivity index (χ2n) is 4.97. The van der Waals surface area contributed by atoms with Crippen LogP contribution in [0.15, 0.2) is 30.3 Å². The topological polar surface area (TPSA) is 44.4 Å². The molecule has 1 aliphatic heterocycles. The predicted molar refractivity (Wildman–Crippen MR) is 85.6 cm³/mol. The first-order valence-electron chi connectivity index (χ1n) is 7.14. The minimum atomic E-state index is 0. The zero-order valence-corrected chi connectivity index (χ0v) is 12.8. The van der Waals surface area contributed by atoms with E-state index >= 15 is 0 Å². The van der Waals surface area contributed by atoms with Crippen molar-refractivity contribution >= 4 is 24.1 Å². The van der Waals surface area contributed by atoms with Crippen molar-refractivity contribution in [2.45, 2.75) is 32.2 Å². The smallest absolute Gasteiger partial charge is 0.321 e. The average Bonchev–Trinajstić information content (AvgIpc) is 2.46. The van der Waals surface area contributed by atoms with E-state index < -0.39 is 0 Å². The zero-order valence-electron chi connectivity index (χ0n) is 12.0. The molecule has 4 nitrogen and oxygen atoms in total. The Balaban J connectivity index is 0.00000200. The summed E-state index contributed by atoms with van der Waals surface area (Å²) in [5.74, 6) is 0. The molecule has 0 radical (unpaired) electrons. The van der Waals surface area contributed by atoms with Crippen LogP contribution in [0.25, 0.3) is 0 Å². The Bertz CT molecular complexity index is 393. The lowest BCUT2D eigenvalue weighted by molar-refractivity contribution is 0.171. The Hall–Kier alpha value is -1.26. The summed E-state index contributed by atoms with van der Waals surface area (Å²) < 4.78 is 0. The van der Waals surface area contributed by atoms with E-state index in [1.807, 2.05) is 35.2 Å². The SMILES string of the molecule is CCCN(C(=O)Nc1ccccc1)C1CCNCC1.Cl. The number of hydrogen-bond acceptors (Lipinski definition) is 2. The maximum absolute atomic E-state index is 12.4. The summed E-state index contributed by atoms with van der Waals surface area (Å²) in [5.41, 5.74) is 0.863. The molecular weight excluding hydrogens is 274 g/mol. The summed E-state index contributed by atoms with van der Waals surface area (Å²) in [6.07, 6.45) is 3.08. The molecule has 1 aromatic rings. The highest BCUT2D eigenvalue weighted by Crippen LogP contribution is 2.15. The molecule has 0 aliphatic carbocycles. The molecule has 1 aliphatic rings. The molecule has 112 valence electrons. The van der Waals surface area contributed by atoms with Crippen LogP contribution in [0.5, 0.6) is 0 Å². The van der Waals surface area contributed by atoms with Gasteiger partial charge in [0, 0.05) is 18.3 Å². The number of rotatable bonds is 4. The number of piperidine rings is 1. The van der Waals surface area contributed by atoms with Gasteiger partial charge in [-0.1, -0.05) is 25.1 Å². The van der Waals surface area contributed by atoms with Crippen LogP contribution in [0.4, 0.5) is 10.5 Å². The third-order valence-electron chi connectivity index (χ3n) is 3.50. The number of carbonyl (C=O) groups is 1. The molecule has 5 heteroatoms. The average molecular weight is 298 g/mol. The number of benzene rings is 1. The van der Waals surface area contributed by atoms with Gasteiger partial charge in [-0.15, -0.1) is 12.4 Å². The van der Waals surface area contributed by atoms with Gasteiger partial charge < -0.3 is 15.5 Å². The van der Waals surface area contributed by atoms with Crippen molar-refractivity contribution in [3.05, 3.63) is 30.3 Å². The summed E-state index contributed by atoms with van der Waals surface area (Å²) in [4.78, 5) is 14.4. The van der Waals surface area contributed by atoms with Crippen LogP contribution in [0.2, 0.25) is 0 Å². The second-order valence-corrected chi connectivity index (χ2v) is 4.97. The summed E-state index contributed by atoms with van der Waals surface area (Å²) in [6, 6.07) is 10.1. The summed E-state index contributed by atoms with van der Waals surface area (Å²) in [6.45, 7) is 4.94. The largest absolute Gasteiger partial charge is 0.322 e. The zero-order chi connectivity index (χ0) is 13.5. The molecule has 2 rings (SSSR count). The number of anilines is 1. The number of carbonyl (C=O) groups excluding carboxylic acids is 1. The number of nitrogens with zero attached hydrogens (tertiary/aromatic N) is 1. The van der Waals surface area contributed by atoms with Gasteiger partial charge in [0.1, 0.15) is 0 Å². The summed E-state index contributed by atoms with van der Waals surface area (Å²) >= 11 is 0. The molecule has 0 unspecified atom stereocenters. The standard InChI is InChI=1S/C15H23N3O.ClH/c1-2-12-18(14-8-10-16-11-9-14)15(19)17-13-6-4-3-5-7-13;/h3-7,14,16H,2,8-12H2,1H3,(H,17,19);1H. The van der Waals surface area contributed by atoms with E-state index in [0.717, 1.165) is 44.6 Å². The van der Waals surface area contributed by atoms with Gasteiger partial charge in [-0.2, -0.15) is 0 Å². The van der Waals surface area contributed by atoms with Gasteiger partial charge >= 0.3 is 6.03 Å². The van der Waals surface area contributed by atoms with Gasteiger partial charge in [0.25, 0.3) is 0 Å². The quantitative estimate of drug-likeness (QED) is 0.897. The van der Waals surface area contributed by atoms with E-state index in [9.17, 15) is 4.79 Å². The third-order valence-corrected chi connectivity index (χ3v) is 3.50. The Labute approximate surface area is 127 Å². The van der Waals surface area contributed by atoms with E-state index in [1.54, 1.807) is 0 Å². The normalized spacial score (nSPS) is 15.2. The van der Waals surface area contributed by atoms with E-state index in [0.29, 0.717) is 6.04 Å². The van der Waals surface area contributed by atoms with Gasteiger partial charge in [-0.25, -0.2) is 4.79 Å². The molecule has 0 aromatic heterocycles. The number of halogens is 1. The molecule has 1 aromatic carbocycles. The molecule has 0 bridgehead atoms. The predicted octanol–water partition coefficient (Wildman–Crippen LogP) is 3.10. The van der Waals surface area contributed by atoms with Crippen molar-refractivity contribution in [3.8, 4) is 0 Å². The lowest BCUT2D eigenvalue weighted by Crippen LogP contribution is -2.48. The van der Waals surface area contributed by atoms with Crippen molar-refractivity contribution < 1.29 is 4.79 Å². The molecule has 2 N–H and O–H groups in total. The highest BCUT2D eigenvalue weighted by molar-refractivity contribution is 5.89. The maximum Gasteiger partial charge on any atom is 0.322 e. The van der Waals surface area contributed by atoms with Crippen molar-refractivity contribution in [2.75, 3.05) is 25.0 Å². The molecule has 0 saturated carbocycles. The van der Waals surface area contributed by atoms with Crippen LogP contribution in [-0.4, -0.2) is 36.6 Å². The minimum Gasteiger partial charge on any atom is -0.321 e. The van der Waals surface area contributed by atoms with E-state index in [1.165, 1.54) is 0 Å². The summed E-state index contributed by atoms with van der Waals surface area (Å²) in [7, 11) is 0. The fourth-order valence-corrected chi connectivity index (χ4v) is 2.53. The van der Waals surface area contributed by atoms with E-state index in [-0.39, 0.29) is 18.4 Å². The number of amides is 2. The Morgan fingerprint density at radius 1 is 1.30 bits per heavy atom. The van der Waals surface area contributed by atoms with E-state index in [4.69, 9.17) is 0 Å². The van der Waals surface area contributed by atoms with Crippen LogP contribution >= 0.6 is 12.4 Å². The molecule has 0 atom stereocenters. The summed E-state index contributed by atoms with van der Waals surface area (Å²) in [5, 5.41) is 6.33. The van der Waals surface area contributed by atoms with Crippen LogP contribution in [-0.2, 0) is 0 Å². The maximum atomic E-state index is 12.4. The van der Waals surface area contributed by atoms with Gasteiger partial charge in [-0.05, 0) is 44.5 Å². The van der Waals surface area contributed by atoms with Gasteiger partial charge in [-0.3, -0.25) is 0 Å². The van der Waals surface area contributed by atoms with Crippen LogP contribution in [0, 0.1) is 0 Å². The first-order chi connectivity index (χ1) is 9.31. The molecule has 1 fully saturated rings. The lowest BCUT2D eigenvalue weighted by atomic mass is 10.0. The first-order valence-corrected chi connectivity index (χ1v) is 7.14. The van der Waals surface area contributed by atoms with Crippen LogP contribution in [0.1, 0.15) is 26.2 Å². The fraction of sp³-hybridized carbons (Fsp3) is 0.533. The number of nitrogens with one attached hydrogen (secondary N) is 2. The molecule has 0 spiro atoms. The second kappa shape index (κ2) is 8.82. The molecule has 1 heterocycles. The Morgan fingerprint density at radius 3 is 2.55 bits per heavy atom. The number of urea groups is 1. The first kappa shape index (κ1) is 16.8. The van der Waals surface area contributed by atoms with Gasteiger partial charge in [0.05, 0.1) is 0 Å². The van der Waals surface area contributed by atoms with Crippen LogP contribution < -0.4 is 10.6 Å². The molecule has 20 heavy (non-hydrogen) atoms. The monoisotopic (exact) mass is 297 g/mol. The fourth-order valence-electron chi connectivity index (χ4n) is 2.53. The van der Waals surface area contributed by atoms with Gasteiger partial charge in [0.2, 0.25) is 0 Å². The Morgan fingerprint density at radius 2 is 1.95 bits per heavy atom. The highest BCUT2D eigenvalue weighted by atomic mass is 35.5. The van der Waals surface area contributed by atoms with Crippen LogP contribution in [0.3, 0.4) is 0 Å². The number of para-hydroxylation sites is 1. The highest BCUT2D eigenvalue weighted by Gasteiger charge is 2.24.